The lowest BCUT2D eigenvalue weighted by Crippen LogP contribution is -2.47. The van der Waals surface area contributed by atoms with Gasteiger partial charge in [0.15, 0.2) is 5.82 Å². The van der Waals surface area contributed by atoms with Gasteiger partial charge >= 0.3 is 0 Å². The Balaban J connectivity index is 1.39. The Labute approximate surface area is 143 Å². The highest BCUT2D eigenvalue weighted by Crippen LogP contribution is 2.37. The third kappa shape index (κ3) is 3.34. The van der Waals surface area contributed by atoms with E-state index in [0.29, 0.717) is 17.7 Å². The molecule has 1 amide bonds. The van der Waals surface area contributed by atoms with Crippen molar-refractivity contribution in [3.05, 3.63) is 11.7 Å². The molecule has 132 valence electrons. The van der Waals surface area contributed by atoms with Gasteiger partial charge in [-0.05, 0) is 64.5 Å². The van der Waals surface area contributed by atoms with Crippen molar-refractivity contribution >= 4 is 5.91 Å². The van der Waals surface area contributed by atoms with E-state index in [1.165, 1.54) is 38.5 Å². The third-order valence-corrected chi connectivity index (χ3v) is 5.78. The quantitative estimate of drug-likeness (QED) is 0.867. The average molecular weight is 332 g/mol. The lowest BCUT2D eigenvalue weighted by molar-refractivity contribution is -0.127. The Morgan fingerprint density at radius 2 is 1.88 bits per heavy atom. The molecule has 2 saturated carbocycles. The molecule has 1 aromatic heterocycles. The van der Waals surface area contributed by atoms with Crippen LogP contribution in [0.3, 0.4) is 0 Å². The SMILES string of the molecule is C[C@H](NC(=O)[C@@H](C1CC1)N1CCCC1)c1nc(C2CCCC2)no1. The smallest absolute Gasteiger partial charge is 0.248 e. The summed E-state index contributed by atoms with van der Waals surface area (Å²) in [6, 6.07) is -0.184. The maximum atomic E-state index is 12.8. The van der Waals surface area contributed by atoms with Crippen molar-refractivity contribution in [3.8, 4) is 0 Å². The van der Waals surface area contributed by atoms with Crippen LogP contribution < -0.4 is 5.32 Å². The molecule has 1 aliphatic heterocycles. The molecule has 24 heavy (non-hydrogen) atoms. The molecule has 0 aromatic carbocycles. The summed E-state index contributed by atoms with van der Waals surface area (Å²) in [5.74, 6) is 2.47. The van der Waals surface area contributed by atoms with Crippen LogP contribution in [0.1, 0.15) is 82.0 Å². The minimum atomic E-state index is -0.219. The zero-order valence-electron chi connectivity index (χ0n) is 14.5. The standard InChI is InChI=1S/C18H28N4O2/c1-12(18-20-16(21-24-18)14-6-2-3-7-14)19-17(23)15(13-8-9-13)22-10-4-5-11-22/h12-15H,2-11H2,1H3,(H,19,23)/t12-,15+/m0/s1. The second kappa shape index (κ2) is 6.82. The monoisotopic (exact) mass is 332 g/mol. The van der Waals surface area contributed by atoms with E-state index in [1.807, 2.05) is 6.92 Å². The lowest BCUT2D eigenvalue weighted by atomic mass is 10.1. The minimum Gasteiger partial charge on any atom is -0.343 e. The molecular weight excluding hydrogens is 304 g/mol. The van der Waals surface area contributed by atoms with Crippen LogP contribution in [0.25, 0.3) is 0 Å². The molecule has 2 aliphatic carbocycles. The molecule has 2 atom stereocenters. The molecule has 0 radical (unpaired) electrons. The van der Waals surface area contributed by atoms with E-state index in [0.717, 1.165) is 31.8 Å². The van der Waals surface area contributed by atoms with Gasteiger partial charge in [0.2, 0.25) is 11.8 Å². The molecule has 6 heteroatoms. The number of aromatic nitrogens is 2. The number of hydrogen-bond donors (Lipinski definition) is 1. The molecule has 3 fully saturated rings. The van der Waals surface area contributed by atoms with Crippen LogP contribution in [-0.4, -0.2) is 40.1 Å². The highest BCUT2D eigenvalue weighted by molar-refractivity contribution is 5.82. The summed E-state index contributed by atoms with van der Waals surface area (Å²) in [4.78, 5) is 19.7. The molecule has 0 unspecified atom stereocenters. The van der Waals surface area contributed by atoms with Gasteiger partial charge < -0.3 is 9.84 Å². The van der Waals surface area contributed by atoms with Gasteiger partial charge in [-0.2, -0.15) is 4.98 Å². The number of nitrogens with zero attached hydrogens (tertiary/aromatic N) is 3. The molecule has 1 saturated heterocycles. The molecule has 6 nitrogen and oxygen atoms in total. The highest BCUT2D eigenvalue weighted by Gasteiger charge is 2.41. The first-order valence-electron chi connectivity index (χ1n) is 9.60. The largest absolute Gasteiger partial charge is 0.343 e. The van der Waals surface area contributed by atoms with E-state index < -0.39 is 0 Å². The fourth-order valence-corrected chi connectivity index (χ4v) is 4.24. The topological polar surface area (TPSA) is 71.3 Å². The van der Waals surface area contributed by atoms with Crippen molar-refractivity contribution in [2.24, 2.45) is 5.92 Å². The van der Waals surface area contributed by atoms with E-state index in [9.17, 15) is 4.79 Å². The summed E-state index contributed by atoms with van der Waals surface area (Å²) in [7, 11) is 0. The predicted octanol–water partition coefficient (Wildman–Crippen LogP) is 2.78. The summed E-state index contributed by atoms with van der Waals surface area (Å²) < 4.78 is 5.43. The summed E-state index contributed by atoms with van der Waals surface area (Å²) in [5.41, 5.74) is 0. The number of nitrogens with one attached hydrogen (secondary N) is 1. The Morgan fingerprint density at radius 3 is 2.54 bits per heavy atom. The zero-order chi connectivity index (χ0) is 16.5. The maximum Gasteiger partial charge on any atom is 0.248 e. The predicted molar refractivity (Wildman–Crippen MR) is 89.4 cm³/mol. The van der Waals surface area contributed by atoms with E-state index in [4.69, 9.17) is 4.52 Å². The Morgan fingerprint density at radius 1 is 1.17 bits per heavy atom. The molecular formula is C18H28N4O2. The Hall–Kier alpha value is -1.43. The lowest BCUT2D eigenvalue weighted by Gasteiger charge is -2.27. The fraction of sp³-hybridized carbons (Fsp3) is 0.833. The molecule has 0 bridgehead atoms. The van der Waals surface area contributed by atoms with Crippen molar-refractivity contribution in [2.45, 2.75) is 76.3 Å². The molecule has 0 spiro atoms. The van der Waals surface area contributed by atoms with Crippen LogP contribution in [0, 0.1) is 5.92 Å². The number of likely N-dealkylation sites (tertiary alicyclic amines) is 1. The summed E-state index contributed by atoms with van der Waals surface area (Å²) in [5, 5.41) is 7.27. The van der Waals surface area contributed by atoms with E-state index in [1.54, 1.807) is 0 Å². The van der Waals surface area contributed by atoms with Crippen molar-refractivity contribution in [1.82, 2.24) is 20.4 Å². The zero-order valence-corrected chi connectivity index (χ0v) is 14.5. The van der Waals surface area contributed by atoms with E-state index in [-0.39, 0.29) is 18.0 Å². The van der Waals surface area contributed by atoms with Gasteiger partial charge in [0.1, 0.15) is 6.04 Å². The van der Waals surface area contributed by atoms with Crippen LogP contribution in [0.15, 0.2) is 4.52 Å². The Kier molecular flexibility index (Phi) is 4.57. The van der Waals surface area contributed by atoms with Crippen LogP contribution >= 0.6 is 0 Å². The van der Waals surface area contributed by atoms with E-state index >= 15 is 0 Å². The van der Waals surface area contributed by atoms with Crippen molar-refractivity contribution in [2.75, 3.05) is 13.1 Å². The first-order chi connectivity index (χ1) is 11.7. The van der Waals surface area contributed by atoms with E-state index in [2.05, 4.69) is 20.4 Å². The Bertz CT molecular complexity index is 571. The number of carbonyl (C=O) groups excluding carboxylic acids is 1. The summed E-state index contributed by atoms with van der Waals surface area (Å²) in [6.45, 7) is 4.04. The second-order valence-corrected chi connectivity index (χ2v) is 7.73. The van der Waals surface area contributed by atoms with Gasteiger partial charge in [-0.25, -0.2) is 0 Å². The highest BCUT2D eigenvalue weighted by atomic mass is 16.5. The average Bonchev–Trinajstić information content (AvgIpc) is 3.07. The number of hydrogen-bond acceptors (Lipinski definition) is 5. The fourth-order valence-electron chi connectivity index (χ4n) is 4.24. The minimum absolute atomic E-state index is 0.0344. The number of carbonyl (C=O) groups is 1. The molecule has 1 aromatic rings. The van der Waals surface area contributed by atoms with Gasteiger partial charge in [0.25, 0.3) is 0 Å². The van der Waals surface area contributed by atoms with Gasteiger partial charge in [0.05, 0.1) is 6.04 Å². The summed E-state index contributed by atoms with van der Waals surface area (Å²) >= 11 is 0. The van der Waals surface area contributed by atoms with Crippen LogP contribution in [-0.2, 0) is 4.79 Å². The molecule has 4 rings (SSSR count). The van der Waals surface area contributed by atoms with Crippen LogP contribution in [0.5, 0.6) is 0 Å². The van der Waals surface area contributed by atoms with Crippen LogP contribution in [0.2, 0.25) is 0 Å². The maximum absolute atomic E-state index is 12.8. The molecule has 1 N–H and O–H groups in total. The molecule has 2 heterocycles. The number of rotatable bonds is 6. The number of amides is 1. The van der Waals surface area contributed by atoms with Crippen molar-refractivity contribution in [3.63, 3.8) is 0 Å². The first-order valence-corrected chi connectivity index (χ1v) is 9.60. The van der Waals surface area contributed by atoms with Crippen LogP contribution in [0.4, 0.5) is 0 Å². The van der Waals surface area contributed by atoms with Crippen molar-refractivity contribution < 1.29 is 9.32 Å². The van der Waals surface area contributed by atoms with Gasteiger partial charge in [-0.15, -0.1) is 0 Å². The van der Waals surface area contributed by atoms with Gasteiger partial charge in [0, 0.05) is 5.92 Å². The van der Waals surface area contributed by atoms with Crippen molar-refractivity contribution in [1.29, 1.82) is 0 Å². The van der Waals surface area contributed by atoms with Gasteiger partial charge in [-0.3, -0.25) is 9.69 Å². The van der Waals surface area contributed by atoms with Gasteiger partial charge in [-0.1, -0.05) is 18.0 Å². The normalized spacial score (nSPS) is 25.0. The summed E-state index contributed by atoms with van der Waals surface area (Å²) in [6.07, 6.45) is 9.57. The first kappa shape index (κ1) is 16.1. The second-order valence-electron chi connectivity index (χ2n) is 7.73. The third-order valence-electron chi connectivity index (χ3n) is 5.78. The molecule has 3 aliphatic rings.